The van der Waals surface area contributed by atoms with E-state index in [9.17, 15) is 0 Å². The molecule has 0 saturated carbocycles. The fourth-order valence-corrected chi connectivity index (χ4v) is 3.32. The first-order chi connectivity index (χ1) is 9.69. The maximum atomic E-state index is 6.01. The normalized spacial score (nSPS) is 12.6. The Balaban J connectivity index is 1.94. The van der Waals surface area contributed by atoms with Crippen molar-refractivity contribution < 1.29 is 0 Å². The molecular formula is C15H20ClN3S. The monoisotopic (exact) mass is 309 g/mol. The zero-order valence-corrected chi connectivity index (χ0v) is 13.4. The van der Waals surface area contributed by atoms with Crippen LogP contribution >= 0.6 is 23.4 Å². The second kappa shape index (κ2) is 7.72. The molecule has 1 heterocycles. The number of halogens is 1. The summed E-state index contributed by atoms with van der Waals surface area (Å²) in [5, 5.41) is 4.32. The molecule has 0 fully saturated rings. The highest BCUT2D eigenvalue weighted by Gasteiger charge is 2.12. The molecule has 5 heteroatoms. The van der Waals surface area contributed by atoms with Gasteiger partial charge in [0.15, 0.2) is 0 Å². The lowest BCUT2D eigenvalue weighted by Crippen LogP contribution is -2.34. The number of rotatable bonds is 7. The van der Waals surface area contributed by atoms with Crippen molar-refractivity contribution in [2.45, 2.75) is 24.3 Å². The van der Waals surface area contributed by atoms with Crippen LogP contribution in [0.4, 0.5) is 0 Å². The third-order valence-corrected chi connectivity index (χ3v) is 4.48. The van der Waals surface area contributed by atoms with E-state index < -0.39 is 0 Å². The summed E-state index contributed by atoms with van der Waals surface area (Å²) in [5.41, 5.74) is 0. The summed E-state index contributed by atoms with van der Waals surface area (Å²) in [6.07, 6.45) is 4.77. The average molecular weight is 310 g/mol. The van der Waals surface area contributed by atoms with Gasteiger partial charge < -0.3 is 9.88 Å². The van der Waals surface area contributed by atoms with Crippen LogP contribution in [0.15, 0.2) is 41.6 Å². The van der Waals surface area contributed by atoms with Crippen molar-refractivity contribution >= 4 is 23.4 Å². The van der Waals surface area contributed by atoms with Crippen molar-refractivity contribution in [1.82, 2.24) is 14.9 Å². The molecule has 3 nitrogen and oxygen atoms in total. The predicted molar refractivity (Wildman–Crippen MR) is 86.6 cm³/mol. The summed E-state index contributed by atoms with van der Waals surface area (Å²) in [6.45, 7) is 3.10. The van der Waals surface area contributed by atoms with Crippen molar-refractivity contribution in [2.24, 2.45) is 7.05 Å². The Labute approximate surface area is 129 Å². The quantitative estimate of drug-likeness (QED) is 0.795. The first kappa shape index (κ1) is 15.4. The van der Waals surface area contributed by atoms with Crippen molar-refractivity contribution in [1.29, 1.82) is 0 Å². The minimum Gasteiger partial charge on any atom is -0.338 e. The van der Waals surface area contributed by atoms with Crippen LogP contribution in [0.2, 0.25) is 5.02 Å². The molecular weight excluding hydrogens is 290 g/mol. The Kier molecular flexibility index (Phi) is 5.95. The summed E-state index contributed by atoms with van der Waals surface area (Å²) in [4.78, 5) is 5.61. The molecule has 1 aromatic heterocycles. The number of nitrogens with zero attached hydrogens (tertiary/aromatic N) is 2. The van der Waals surface area contributed by atoms with Crippen molar-refractivity contribution in [3.05, 3.63) is 47.5 Å². The fraction of sp³-hybridized carbons (Fsp3) is 0.400. The van der Waals surface area contributed by atoms with E-state index in [1.54, 1.807) is 0 Å². The van der Waals surface area contributed by atoms with Gasteiger partial charge in [-0.25, -0.2) is 4.98 Å². The van der Waals surface area contributed by atoms with E-state index in [4.69, 9.17) is 11.6 Å². The number of likely N-dealkylation sites (N-methyl/N-ethyl adjacent to an activating group) is 1. The molecule has 0 aliphatic carbocycles. The highest BCUT2D eigenvalue weighted by molar-refractivity contribution is 7.99. The first-order valence-electron chi connectivity index (χ1n) is 6.77. The molecule has 0 saturated heterocycles. The topological polar surface area (TPSA) is 29.9 Å². The number of hydrogen-bond donors (Lipinski definition) is 1. The fourth-order valence-electron chi connectivity index (χ4n) is 2.05. The van der Waals surface area contributed by atoms with E-state index >= 15 is 0 Å². The summed E-state index contributed by atoms with van der Waals surface area (Å²) < 4.78 is 2.08. The Morgan fingerprint density at radius 3 is 2.95 bits per heavy atom. The van der Waals surface area contributed by atoms with Gasteiger partial charge in [0.05, 0.1) is 0 Å². The smallest absolute Gasteiger partial charge is 0.109 e. The Hall–Kier alpha value is -0.970. The number of nitrogens with one attached hydrogen (secondary N) is 1. The van der Waals surface area contributed by atoms with Gasteiger partial charge in [0.25, 0.3) is 0 Å². The van der Waals surface area contributed by atoms with E-state index in [1.807, 2.05) is 49.4 Å². The van der Waals surface area contributed by atoms with Gasteiger partial charge in [-0.3, -0.25) is 0 Å². The molecule has 0 aliphatic heterocycles. The lowest BCUT2D eigenvalue weighted by Gasteiger charge is -2.17. The van der Waals surface area contributed by atoms with Crippen LogP contribution in [0, 0.1) is 0 Å². The predicted octanol–water partition coefficient (Wildman–Crippen LogP) is 3.39. The molecule has 1 unspecified atom stereocenters. The van der Waals surface area contributed by atoms with Crippen LogP contribution in [0.1, 0.15) is 12.7 Å². The van der Waals surface area contributed by atoms with Crippen LogP contribution in [-0.4, -0.2) is 27.9 Å². The van der Waals surface area contributed by atoms with Gasteiger partial charge in [-0.15, -0.1) is 11.8 Å². The zero-order chi connectivity index (χ0) is 14.4. The number of aryl methyl sites for hydroxylation is 1. The molecule has 1 aromatic carbocycles. The molecule has 108 valence electrons. The van der Waals surface area contributed by atoms with Gasteiger partial charge in [0, 0.05) is 47.6 Å². The van der Waals surface area contributed by atoms with E-state index in [-0.39, 0.29) is 0 Å². The SMILES string of the molecule is CCNC(CSc1cccc(Cl)c1)Cc1nccn1C. The third-order valence-electron chi connectivity index (χ3n) is 3.09. The van der Waals surface area contributed by atoms with Crippen molar-refractivity contribution in [3.63, 3.8) is 0 Å². The lowest BCUT2D eigenvalue weighted by atomic mass is 10.2. The summed E-state index contributed by atoms with van der Waals surface area (Å²) in [5.74, 6) is 2.11. The molecule has 0 aliphatic rings. The van der Waals surface area contributed by atoms with Crippen LogP contribution in [0.5, 0.6) is 0 Å². The summed E-state index contributed by atoms with van der Waals surface area (Å²) >= 11 is 7.84. The standard InChI is InChI=1S/C15H20ClN3S/c1-3-17-13(10-15-18-7-8-19(15)2)11-20-14-6-4-5-12(16)9-14/h4-9,13,17H,3,10-11H2,1-2H3. The van der Waals surface area contributed by atoms with Crippen molar-refractivity contribution in [3.8, 4) is 0 Å². The highest BCUT2D eigenvalue weighted by atomic mass is 35.5. The van der Waals surface area contributed by atoms with Gasteiger partial charge >= 0.3 is 0 Å². The maximum Gasteiger partial charge on any atom is 0.109 e. The molecule has 1 N–H and O–H groups in total. The number of benzene rings is 1. The molecule has 0 bridgehead atoms. The van der Waals surface area contributed by atoms with E-state index in [2.05, 4.69) is 27.9 Å². The number of hydrogen-bond acceptors (Lipinski definition) is 3. The molecule has 20 heavy (non-hydrogen) atoms. The summed E-state index contributed by atoms with van der Waals surface area (Å²) in [7, 11) is 2.04. The van der Waals surface area contributed by atoms with Crippen LogP contribution < -0.4 is 5.32 Å². The highest BCUT2D eigenvalue weighted by Crippen LogP contribution is 2.22. The molecule has 0 amide bonds. The largest absolute Gasteiger partial charge is 0.338 e. The minimum absolute atomic E-state index is 0.407. The lowest BCUT2D eigenvalue weighted by molar-refractivity contribution is 0.550. The third kappa shape index (κ3) is 4.54. The Bertz CT molecular complexity index is 541. The van der Waals surface area contributed by atoms with Crippen LogP contribution in [0.25, 0.3) is 0 Å². The van der Waals surface area contributed by atoms with Gasteiger partial charge in [0.2, 0.25) is 0 Å². The molecule has 1 atom stereocenters. The number of aromatic nitrogens is 2. The second-order valence-corrected chi connectivity index (χ2v) is 6.21. The van der Waals surface area contributed by atoms with Gasteiger partial charge in [-0.1, -0.05) is 24.6 Å². The molecule has 2 aromatic rings. The van der Waals surface area contributed by atoms with E-state index in [0.717, 1.165) is 29.6 Å². The van der Waals surface area contributed by atoms with E-state index in [1.165, 1.54) is 4.90 Å². The number of thioether (sulfide) groups is 1. The van der Waals surface area contributed by atoms with Gasteiger partial charge in [0.1, 0.15) is 5.82 Å². The molecule has 2 rings (SSSR count). The van der Waals surface area contributed by atoms with Crippen molar-refractivity contribution in [2.75, 3.05) is 12.3 Å². The van der Waals surface area contributed by atoms with Crippen LogP contribution in [-0.2, 0) is 13.5 Å². The molecule has 0 radical (unpaired) electrons. The first-order valence-corrected chi connectivity index (χ1v) is 8.13. The average Bonchev–Trinajstić information content (AvgIpc) is 2.82. The minimum atomic E-state index is 0.407. The maximum absolute atomic E-state index is 6.01. The van der Waals surface area contributed by atoms with Crippen LogP contribution in [0.3, 0.4) is 0 Å². The van der Waals surface area contributed by atoms with Gasteiger partial charge in [-0.2, -0.15) is 0 Å². The zero-order valence-electron chi connectivity index (χ0n) is 11.8. The Morgan fingerprint density at radius 2 is 2.30 bits per heavy atom. The Morgan fingerprint density at radius 1 is 1.45 bits per heavy atom. The summed E-state index contributed by atoms with van der Waals surface area (Å²) in [6, 6.07) is 8.41. The second-order valence-electron chi connectivity index (χ2n) is 4.68. The van der Waals surface area contributed by atoms with Gasteiger partial charge in [-0.05, 0) is 24.7 Å². The number of imidazole rings is 1. The van der Waals surface area contributed by atoms with E-state index in [0.29, 0.717) is 6.04 Å². The molecule has 0 spiro atoms.